The van der Waals surface area contributed by atoms with Gasteiger partial charge in [-0.05, 0) is 30.5 Å². The summed E-state index contributed by atoms with van der Waals surface area (Å²) < 4.78 is 0. The second-order valence-electron chi connectivity index (χ2n) is 7.68. The fraction of sp³-hybridized carbons (Fsp3) is 0.348. The third kappa shape index (κ3) is 3.47. The molecule has 2 aliphatic rings. The number of urea groups is 1. The first kappa shape index (κ1) is 20.5. The van der Waals surface area contributed by atoms with Crippen molar-refractivity contribution in [2.45, 2.75) is 42.4 Å². The van der Waals surface area contributed by atoms with Crippen molar-refractivity contribution in [3.63, 3.8) is 0 Å². The molecular weight excluding hydrogens is 398 g/mol. The van der Waals surface area contributed by atoms with Crippen molar-refractivity contribution in [3.05, 3.63) is 60.2 Å². The number of amides is 4. The molecule has 30 heavy (non-hydrogen) atoms. The summed E-state index contributed by atoms with van der Waals surface area (Å²) in [7, 11) is 0. The van der Waals surface area contributed by atoms with Crippen LogP contribution >= 0.6 is 11.8 Å². The van der Waals surface area contributed by atoms with Gasteiger partial charge in [0.05, 0.1) is 5.69 Å². The lowest BCUT2D eigenvalue weighted by atomic mass is 9.87. The lowest BCUT2D eigenvalue weighted by Crippen LogP contribution is -2.46. The van der Waals surface area contributed by atoms with Crippen LogP contribution < -0.4 is 10.2 Å². The molecule has 6 nitrogen and oxygen atoms in total. The quantitative estimate of drug-likeness (QED) is 0.761. The predicted octanol–water partition coefficient (Wildman–Crippen LogP) is 3.76. The molecule has 2 aromatic carbocycles. The summed E-state index contributed by atoms with van der Waals surface area (Å²) >= 11 is 1.74. The number of hydrogen-bond acceptors (Lipinski definition) is 4. The van der Waals surface area contributed by atoms with Crippen LogP contribution in [0, 0.1) is 0 Å². The highest BCUT2D eigenvalue weighted by Gasteiger charge is 2.51. The Morgan fingerprint density at radius 3 is 2.57 bits per heavy atom. The van der Waals surface area contributed by atoms with E-state index in [9.17, 15) is 14.4 Å². The SMILES string of the molecule is CC[C@@]1(c2ccccc2)NC(=O)N(CC(=O)N2CC[C@@H](C)Sc3ccccc32)C1=O. The third-order valence-electron chi connectivity index (χ3n) is 5.81. The molecule has 1 fully saturated rings. The first-order valence-electron chi connectivity index (χ1n) is 10.2. The van der Waals surface area contributed by atoms with Crippen molar-refractivity contribution in [3.8, 4) is 0 Å². The highest BCUT2D eigenvalue weighted by Crippen LogP contribution is 2.38. The molecule has 0 spiro atoms. The third-order valence-corrected chi connectivity index (χ3v) is 7.05. The average Bonchev–Trinajstić information content (AvgIpc) is 2.89. The molecule has 2 heterocycles. The Hall–Kier alpha value is -2.80. The van der Waals surface area contributed by atoms with Gasteiger partial charge >= 0.3 is 6.03 Å². The summed E-state index contributed by atoms with van der Waals surface area (Å²) in [6.45, 7) is 4.29. The molecular formula is C23H25N3O3S. The van der Waals surface area contributed by atoms with E-state index in [0.717, 1.165) is 27.5 Å². The normalized spacial score (nSPS) is 23.7. The van der Waals surface area contributed by atoms with E-state index in [1.165, 1.54) is 0 Å². The first-order chi connectivity index (χ1) is 14.5. The fourth-order valence-electron chi connectivity index (χ4n) is 4.10. The number of fused-ring (bicyclic) bond motifs is 1. The minimum absolute atomic E-state index is 0.249. The van der Waals surface area contributed by atoms with Crippen molar-refractivity contribution < 1.29 is 14.4 Å². The van der Waals surface area contributed by atoms with E-state index in [2.05, 4.69) is 12.2 Å². The lowest BCUT2D eigenvalue weighted by Gasteiger charge is -2.27. The molecule has 2 aliphatic heterocycles. The molecule has 2 atom stereocenters. The van der Waals surface area contributed by atoms with Gasteiger partial charge in [0.25, 0.3) is 5.91 Å². The molecule has 4 amide bonds. The predicted molar refractivity (Wildman–Crippen MR) is 117 cm³/mol. The molecule has 1 N–H and O–H groups in total. The van der Waals surface area contributed by atoms with Crippen molar-refractivity contribution in [1.82, 2.24) is 10.2 Å². The fourth-order valence-corrected chi connectivity index (χ4v) is 5.21. The molecule has 0 saturated carbocycles. The van der Waals surface area contributed by atoms with Gasteiger partial charge in [-0.2, -0.15) is 0 Å². The maximum Gasteiger partial charge on any atom is 0.325 e. The van der Waals surface area contributed by atoms with Crippen LogP contribution in [0.4, 0.5) is 10.5 Å². The summed E-state index contributed by atoms with van der Waals surface area (Å²) in [4.78, 5) is 43.1. The van der Waals surface area contributed by atoms with Crippen molar-refractivity contribution >= 4 is 35.3 Å². The lowest BCUT2D eigenvalue weighted by molar-refractivity contribution is -0.134. The van der Waals surface area contributed by atoms with Gasteiger partial charge in [0.2, 0.25) is 5.91 Å². The summed E-state index contributed by atoms with van der Waals surface area (Å²) in [5.74, 6) is -0.624. The van der Waals surface area contributed by atoms with E-state index < -0.39 is 11.6 Å². The highest BCUT2D eigenvalue weighted by atomic mass is 32.2. The van der Waals surface area contributed by atoms with Gasteiger partial charge in [-0.15, -0.1) is 11.8 Å². The Labute approximate surface area is 180 Å². The zero-order valence-corrected chi connectivity index (χ0v) is 17.9. The minimum atomic E-state index is -1.13. The van der Waals surface area contributed by atoms with Crippen LogP contribution in [0.2, 0.25) is 0 Å². The smallest absolute Gasteiger partial charge is 0.319 e. The minimum Gasteiger partial charge on any atom is -0.319 e. The van der Waals surface area contributed by atoms with E-state index in [-0.39, 0.29) is 18.4 Å². The van der Waals surface area contributed by atoms with Crippen molar-refractivity contribution in [2.75, 3.05) is 18.0 Å². The number of para-hydroxylation sites is 1. The molecule has 0 aliphatic carbocycles. The van der Waals surface area contributed by atoms with E-state index in [1.54, 1.807) is 16.7 Å². The molecule has 0 unspecified atom stereocenters. The Balaban J connectivity index is 1.60. The summed E-state index contributed by atoms with van der Waals surface area (Å²) in [5.41, 5.74) is 0.444. The molecule has 2 aromatic rings. The number of benzene rings is 2. The first-order valence-corrected chi connectivity index (χ1v) is 11.1. The summed E-state index contributed by atoms with van der Waals surface area (Å²) in [5, 5.41) is 3.22. The molecule has 7 heteroatoms. The zero-order chi connectivity index (χ0) is 21.3. The summed E-state index contributed by atoms with van der Waals surface area (Å²) in [6, 6.07) is 16.5. The van der Waals surface area contributed by atoms with Crippen LogP contribution in [0.3, 0.4) is 0 Å². The van der Waals surface area contributed by atoms with E-state index in [1.807, 2.05) is 61.5 Å². The number of nitrogens with zero attached hydrogens (tertiary/aromatic N) is 2. The molecule has 156 valence electrons. The van der Waals surface area contributed by atoms with Crippen LogP contribution in [0.5, 0.6) is 0 Å². The molecule has 0 radical (unpaired) electrons. The van der Waals surface area contributed by atoms with Crippen LogP contribution in [-0.4, -0.2) is 41.1 Å². The largest absolute Gasteiger partial charge is 0.325 e. The Morgan fingerprint density at radius 2 is 1.83 bits per heavy atom. The number of rotatable bonds is 4. The van der Waals surface area contributed by atoms with Gasteiger partial charge in [-0.25, -0.2) is 4.79 Å². The van der Waals surface area contributed by atoms with Crippen LogP contribution in [0.15, 0.2) is 59.5 Å². The monoisotopic (exact) mass is 423 g/mol. The number of anilines is 1. The van der Waals surface area contributed by atoms with Crippen LogP contribution in [0.1, 0.15) is 32.3 Å². The number of carbonyl (C=O) groups is 3. The van der Waals surface area contributed by atoms with Crippen LogP contribution in [0.25, 0.3) is 0 Å². The van der Waals surface area contributed by atoms with Crippen molar-refractivity contribution in [1.29, 1.82) is 0 Å². The van der Waals surface area contributed by atoms with E-state index in [0.29, 0.717) is 18.2 Å². The number of carbonyl (C=O) groups excluding carboxylic acids is 3. The van der Waals surface area contributed by atoms with Gasteiger partial charge in [-0.3, -0.25) is 14.5 Å². The summed E-state index contributed by atoms with van der Waals surface area (Å²) in [6.07, 6.45) is 1.25. The number of thioether (sulfide) groups is 1. The van der Waals surface area contributed by atoms with E-state index in [4.69, 9.17) is 0 Å². The van der Waals surface area contributed by atoms with E-state index >= 15 is 0 Å². The standard InChI is InChI=1S/C23H25N3O3S/c1-3-23(17-9-5-4-6-10-17)21(28)26(22(29)24-23)15-20(27)25-14-13-16(2)30-19-12-8-7-11-18(19)25/h4-12,16H,3,13-15H2,1-2H3,(H,24,29)/t16-,23+/m1/s1. The van der Waals surface area contributed by atoms with Gasteiger partial charge in [-0.1, -0.05) is 56.3 Å². The molecule has 0 bridgehead atoms. The second kappa shape index (κ2) is 8.14. The maximum atomic E-state index is 13.3. The maximum absolute atomic E-state index is 13.3. The number of nitrogens with one attached hydrogen (secondary N) is 1. The zero-order valence-electron chi connectivity index (χ0n) is 17.1. The molecule has 0 aromatic heterocycles. The van der Waals surface area contributed by atoms with Gasteiger partial charge in [0.1, 0.15) is 12.1 Å². The Kier molecular flexibility index (Phi) is 5.56. The Morgan fingerprint density at radius 1 is 1.13 bits per heavy atom. The Bertz CT molecular complexity index is 981. The number of hydrogen-bond donors (Lipinski definition) is 1. The van der Waals surface area contributed by atoms with Gasteiger partial charge in [0.15, 0.2) is 0 Å². The second-order valence-corrected chi connectivity index (χ2v) is 9.16. The van der Waals surface area contributed by atoms with Crippen molar-refractivity contribution in [2.24, 2.45) is 0 Å². The topological polar surface area (TPSA) is 69.7 Å². The van der Waals surface area contributed by atoms with Gasteiger partial charge < -0.3 is 10.2 Å². The molecule has 4 rings (SSSR count). The molecule has 1 saturated heterocycles. The van der Waals surface area contributed by atoms with Crippen LogP contribution in [-0.2, 0) is 15.1 Å². The number of imide groups is 1. The average molecular weight is 424 g/mol. The van der Waals surface area contributed by atoms with Gasteiger partial charge in [0, 0.05) is 16.7 Å². The highest BCUT2D eigenvalue weighted by molar-refractivity contribution is 8.00.